The van der Waals surface area contributed by atoms with Gasteiger partial charge in [-0.15, -0.1) is 0 Å². The Bertz CT molecular complexity index is 608. The van der Waals surface area contributed by atoms with Crippen LogP contribution in [0.15, 0.2) is 17.0 Å². The normalized spacial score (nSPS) is 11.7. The lowest BCUT2D eigenvalue weighted by atomic mass is 10.2. The quantitative estimate of drug-likeness (QED) is 0.878. The molecule has 0 saturated carbocycles. The van der Waals surface area contributed by atoms with Crippen molar-refractivity contribution in [1.82, 2.24) is 5.32 Å². The largest absolute Gasteiger partial charge is 0.346 e. The molecule has 0 spiro atoms. The van der Waals surface area contributed by atoms with Gasteiger partial charge in [0.15, 0.2) is 0 Å². The Morgan fingerprint density at radius 3 is 2.42 bits per heavy atom. The highest BCUT2D eigenvalue weighted by atomic mass is 35.5. The maximum absolute atomic E-state index is 12.0. The number of carbonyl (C=O) groups is 1. The van der Waals surface area contributed by atoms with Gasteiger partial charge in [0.1, 0.15) is 4.90 Å². The van der Waals surface area contributed by atoms with Gasteiger partial charge in [-0.1, -0.05) is 23.2 Å². The summed E-state index contributed by atoms with van der Waals surface area (Å²) in [5.41, 5.74) is -0.421. The van der Waals surface area contributed by atoms with Crippen LogP contribution >= 0.6 is 23.2 Å². The molecule has 0 atom stereocenters. The average molecular weight is 333 g/mol. The van der Waals surface area contributed by atoms with E-state index >= 15 is 0 Å². The van der Waals surface area contributed by atoms with Crippen LogP contribution in [-0.2, 0) is 10.0 Å². The van der Waals surface area contributed by atoms with Crippen molar-refractivity contribution in [1.29, 1.82) is 0 Å². The molecular weight excluding hydrogens is 325 g/mol. The van der Waals surface area contributed by atoms with Crippen molar-refractivity contribution >= 4 is 39.1 Å². The standard InChI is InChI=1S/C9H8Cl2F2N2O3S/c10-4-1-2-5(19(14,17)18)8(11)7(4)9(16)15-3-6(12)13/h1-2,6H,3H2,(H,15,16)(H2,14,17,18). The summed E-state index contributed by atoms with van der Waals surface area (Å²) in [5.74, 6) is -1.01. The summed E-state index contributed by atoms with van der Waals surface area (Å²) in [6.45, 7) is -0.912. The number of sulfonamides is 1. The van der Waals surface area contributed by atoms with E-state index in [9.17, 15) is 22.0 Å². The van der Waals surface area contributed by atoms with E-state index in [1.807, 2.05) is 5.32 Å². The van der Waals surface area contributed by atoms with E-state index in [4.69, 9.17) is 28.3 Å². The zero-order valence-electron chi connectivity index (χ0n) is 9.16. The van der Waals surface area contributed by atoms with Gasteiger partial charge in [-0.25, -0.2) is 22.3 Å². The number of hydrogen-bond donors (Lipinski definition) is 2. The molecule has 3 N–H and O–H groups in total. The SMILES string of the molecule is NS(=O)(=O)c1ccc(Cl)c(C(=O)NCC(F)F)c1Cl. The predicted octanol–water partition coefficient (Wildman–Crippen LogP) is 1.64. The smallest absolute Gasteiger partial charge is 0.255 e. The molecule has 0 aliphatic heterocycles. The summed E-state index contributed by atoms with van der Waals surface area (Å²) < 4.78 is 46.4. The van der Waals surface area contributed by atoms with Crippen molar-refractivity contribution < 1.29 is 22.0 Å². The van der Waals surface area contributed by atoms with Crippen molar-refractivity contribution in [2.75, 3.05) is 6.54 Å². The third-order valence-corrected chi connectivity index (χ3v) is 3.78. The van der Waals surface area contributed by atoms with Gasteiger partial charge in [-0.3, -0.25) is 4.79 Å². The number of nitrogens with one attached hydrogen (secondary N) is 1. The Kier molecular flexibility index (Phi) is 5.08. The van der Waals surface area contributed by atoms with Crippen molar-refractivity contribution in [2.24, 2.45) is 5.14 Å². The van der Waals surface area contributed by atoms with Gasteiger partial charge < -0.3 is 5.32 Å². The number of nitrogens with two attached hydrogens (primary N) is 1. The molecule has 106 valence electrons. The molecule has 0 radical (unpaired) electrons. The third kappa shape index (κ3) is 4.00. The third-order valence-electron chi connectivity index (χ3n) is 2.01. The summed E-state index contributed by atoms with van der Waals surface area (Å²) in [5, 5.41) is 6.07. The summed E-state index contributed by atoms with van der Waals surface area (Å²) in [6.07, 6.45) is -2.76. The van der Waals surface area contributed by atoms with Crippen molar-refractivity contribution in [3.63, 3.8) is 0 Å². The Morgan fingerprint density at radius 2 is 1.95 bits per heavy atom. The molecular formula is C9H8Cl2F2N2O3S. The van der Waals surface area contributed by atoms with Crippen LogP contribution < -0.4 is 10.5 Å². The summed E-state index contributed by atoms with van der Waals surface area (Å²) >= 11 is 11.4. The molecule has 0 aromatic heterocycles. The van der Waals surface area contributed by atoms with Gasteiger partial charge in [0.25, 0.3) is 12.3 Å². The monoisotopic (exact) mass is 332 g/mol. The van der Waals surface area contributed by atoms with E-state index in [1.165, 1.54) is 0 Å². The molecule has 1 rings (SSSR count). The van der Waals surface area contributed by atoms with Crippen LogP contribution in [0.3, 0.4) is 0 Å². The number of amides is 1. The van der Waals surface area contributed by atoms with E-state index < -0.39 is 44.4 Å². The first kappa shape index (κ1) is 16.1. The number of halogens is 4. The van der Waals surface area contributed by atoms with Gasteiger partial charge >= 0.3 is 0 Å². The number of hydrogen-bond acceptors (Lipinski definition) is 3. The van der Waals surface area contributed by atoms with Crippen LogP contribution in [-0.4, -0.2) is 27.3 Å². The van der Waals surface area contributed by atoms with Crippen LogP contribution in [0.5, 0.6) is 0 Å². The first-order valence-electron chi connectivity index (χ1n) is 4.71. The van der Waals surface area contributed by atoms with Gasteiger partial charge in [-0.05, 0) is 12.1 Å². The Hall–Kier alpha value is -0.960. The number of alkyl halides is 2. The van der Waals surface area contributed by atoms with Crippen LogP contribution in [0, 0.1) is 0 Å². The van der Waals surface area contributed by atoms with Crippen LogP contribution in [0.2, 0.25) is 10.0 Å². The van der Waals surface area contributed by atoms with Crippen molar-refractivity contribution in [3.05, 3.63) is 27.7 Å². The Morgan fingerprint density at radius 1 is 1.37 bits per heavy atom. The van der Waals surface area contributed by atoms with E-state index in [0.717, 1.165) is 12.1 Å². The molecule has 0 aliphatic carbocycles. The molecule has 19 heavy (non-hydrogen) atoms. The number of carbonyl (C=O) groups excluding carboxylic acids is 1. The molecule has 0 heterocycles. The molecule has 0 unspecified atom stereocenters. The molecule has 0 aliphatic rings. The predicted molar refractivity (Wildman–Crippen MR) is 66.2 cm³/mol. The highest BCUT2D eigenvalue weighted by Crippen LogP contribution is 2.30. The second-order valence-corrected chi connectivity index (χ2v) is 5.70. The first-order chi connectivity index (χ1) is 8.64. The van der Waals surface area contributed by atoms with Crippen LogP contribution in [0.1, 0.15) is 10.4 Å². The molecule has 1 aromatic rings. The van der Waals surface area contributed by atoms with E-state index in [0.29, 0.717) is 0 Å². The van der Waals surface area contributed by atoms with Crippen molar-refractivity contribution in [2.45, 2.75) is 11.3 Å². The highest BCUT2D eigenvalue weighted by molar-refractivity contribution is 7.89. The first-order valence-corrected chi connectivity index (χ1v) is 7.02. The minimum absolute atomic E-state index is 0.177. The minimum atomic E-state index is -4.16. The summed E-state index contributed by atoms with van der Waals surface area (Å²) in [6, 6.07) is 2.11. The second kappa shape index (κ2) is 6.00. The van der Waals surface area contributed by atoms with Crippen molar-refractivity contribution in [3.8, 4) is 0 Å². The van der Waals surface area contributed by atoms with Gasteiger partial charge in [0.2, 0.25) is 10.0 Å². The lowest BCUT2D eigenvalue weighted by Crippen LogP contribution is -2.29. The maximum Gasteiger partial charge on any atom is 0.255 e. The zero-order chi connectivity index (χ0) is 14.8. The van der Waals surface area contributed by atoms with Gasteiger partial charge in [0.05, 0.1) is 22.2 Å². The molecule has 0 bridgehead atoms. The highest BCUT2D eigenvalue weighted by Gasteiger charge is 2.23. The second-order valence-electron chi connectivity index (χ2n) is 3.38. The molecule has 10 heteroatoms. The lowest BCUT2D eigenvalue weighted by Gasteiger charge is -2.10. The number of primary sulfonamides is 1. The Labute approximate surface area is 117 Å². The molecule has 5 nitrogen and oxygen atoms in total. The van der Waals surface area contributed by atoms with Gasteiger partial charge in [0, 0.05) is 0 Å². The summed E-state index contributed by atoms with van der Waals surface area (Å²) in [4.78, 5) is 11.1. The topological polar surface area (TPSA) is 89.3 Å². The van der Waals surface area contributed by atoms with E-state index in [-0.39, 0.29) is 5.02 Å². The number of rotatable bonds is 4. The fourth-order valence-electron chi connectivity index (χ4n) is 1.22. The van der Waals surface area contributed by atoms with Gasteiger partial charge in [-0.2, -0.15) is 0 Å². The van der Waals surface area contributed by atoms with E-state index in [1.54, 1.807) is 0 Å². The zero-order valence-corrected chi connectivity index (χ0v) is 11.5. The fraction of sp³-hybridized carbons (Fsp3) is 0.222. The van der Waals surface area contributed by atoms with E-state index in [2.05, 4.69) is 0 Å². The van der Waals surface area contributed by atoms with Crippen LogP contribution in [0.25, 0.3) is 0 Å². The Balaban J connectivity index is 3.24. The lowest BCUT2D eigenvalue weighted by molar-refractivity contribution is 0.0892. The van der Waals surface area contributed by atoms with Crippen LogP contribution in [0.4, 0.5) is 8.78 Å². The number of benzene rings is 1. The summed E-state index contributed by atoms with van der Waals surface area (Å²) in [7, 11) is -4.16. The minimum Gasteiger partial charge on any atom is -0.346 e. The molecule has 0 saturated heterocycles. The molecule has 1 amide bonds. The average Bonchev–Trinajstić information content (AvgIpc) is 2.24. The fourth-order valence-corrected chi connectivity index (χ4v) is 2.69. The molecule has 1 aromatic carbocycles. The molecule has 0 fully saturated rings. The maximum atomic E-state index is 12.0.